The molecular weight excluding hydrogens is 186 g/mol. The lowest BCUT2D eigenvalue weighted by molar-refractivity contribution is -0.384. The second kappa shape index (κ2) is 3.12. The first kappa shape index (κ1) is 8.71. The Hall–Kier alpha value is -1.88. The van der Waals surface area contributed by atoms with Crippen LogP contribution in [0.4, 0.5) is 5.69 Å². The maximum Gasteiger partial charge on any atom is 0.270 e. The SMILES string of the molecule is O=[N+]([O-])c1ccc2c(CO)occ2c1. The Labute approximate surface area is 78.7 Å². The minimum absolute atomic E-state index is 0.0165. The summed E-state index contributed by atoms with van der Waals surface area (Å²) in [6, 6.07) is 4.37. The molecule has 0 fully saturated rings. The quantitative estimate of drug-likeness (QED) is 0.583. The van der Waals surface area contributed by atoms with Gasteiger partial charge in [-0.3, -0.25) is 10.1 Å². The van der Waals surface area contributed by atoms with E-state index in [1.54, 1.807) is 6.07 Å². The van der Waals surface area contributed by atoms with Crippen LogP contribution in [0.25, 0.3) is 10.8 Å². The van der Waals surface area contributed by atoms with Crippen molar-refractivity contribution in [2.45, 2.75) is 6.61 Å². The lowest BCUT2D eigenvalue weighted by atomic mass is 10.2. The number of nitrogens with zero attached hydrogens (tertiary/aromatic N) is 1. The van der Waals surface area contributed by atoms with Crippen LogP contribution in [0, 0.1) is 10.1 Å². The van der Waals surface area contributed by atoms with Gasteiger partial charge in [-0.05, 0) is 6.07 Å². The van der Waals surface area contributed by atoms with Crippen LogP contribution < -0.4 is 0 Å². The highest BCUT2D eigenvalue weighted by Crippen LogP contribution is 2.25. The van der Waals surface area contributed by atoms with Crippen LogP contribution in [0.1, 0.15) is 5.76 Å². The minimum Gasteiger partial charge on any atom is -0.466 e. The van der Waals surface area contributed by atoms with Crippen LogP contribution in [-0.4, -0.2) is 10.0 Å². The molecule has 0 saturated carbocycles. The molecule has 1 aromatic carbocycles. The Morgan fingerprint density at radius 2 is 2.29 bits per heavy atom. The summed E-state index contributed by atoms with van der Waals surface area (Å²) < 4.78 is 5.03. The second-order valence-electron chi connectivity index (χ2n) is 2.85. The molecule has 0 radical (unpaired) electrons. The number of aliphatic hydroxyl groups excluding tert-OH is 1. The zero-order valence-corrected chi connectivity index (χ0v) is 7.14. The minimum atomic E-state index is -0.467. The third kappa shape index (κ3) is 1.23. The number of nitro groups is 1. The number of benzene rings is 1. The highest BCUT2D eigenvalue weighted by Gasteiger charge is 2.10. The molecular formula is C9H7NO4. The summed E-state index contributed by atoms with van der Waals surface area (Å²) >= 11 is 0. The van der Waals surface area contributed by atoms with Gasteiger partial charge in [0.15, 0.2) is 0 Å². The van der Waals surface area contributed by atoms with Crippen LogP contribution >= 0.6 is 0 Å². The van der Waals surface area contributed by atoms with Crippen molar-refractivity contribution < 1.29 is 14.4 Å². The van der Waals surface area contributed by atoms with Gasteiger partial charge in [0.1, 0.15) is 12.4 Å². The zero-order valence-electron chi connectivity index (χ0n) is 7.14. The first-order chi connectivity index (χ1) is 6.72. The van der Waals surface area contributed by atoms with Crippen molar-refractivity contribution in [3.05, 3.63) is 40.3 Å². The van der Waals surface area contributed by atoms with E-state index < -0.39 is 4.92 Å². The van der Waals surface area contributed by atoms with Crippen molar-refractivity contribution in [2.75, 3.05) is 0 Å². The molecule has 72 valence electrons. The molecule has 0 bridgehead atoms. The van der Waals surface area contributed by atoms with Gasteiger partial charge in [0.2, 0.25) is 0 Å². The van der Waals surface area contributed by atoms with Gasteiger partial charge in [0.05, 0.1) is 11.2 Å². The Balaban J connectivity index is 2.63. The van der Waals surface area contributed by atoms with E-state index in [1.165, 1.54) is 18.4 Å². The molecule has 1 N–H and O–H groups in total. The molecule has 1 heterocycles. The Kier molecular flexibility index (Phi) is 1.94. The van der Waals surface area contributed by atoms with Crippen LogP contribution in [0.5, 0.6) is 0 Å². The number of nitro benzene ring substituents is 1. The fourth-order valence-electron chi connectivity index (χ4n) is 1.34. The molecule has 0 amide bonds. The summed E-state index contributed by atoms with van der Waals surface area (Å²) in [5, 5.41) is 20.7. The fraction of sp³-hybridized carbons (Fsp3) is 0.111. The van der Waals surface area contributed by atoms with Crippen LogP contribution in [0.3, 0.4) is 0 Å². The van der Waals surface area contributed by atoms with Crippen molar-refractivity contribution in [3.8, 4) is 0 Å². The second-order valence-corrected chi connectivity index (χ2v) is 2.85. The van der Waals surface area contributed by atoms with E-state index in [0.717, 1.165) is 0 Å². The molecule has 2 aromatic rings. The molecule has 0 aliphatic rings. The lowest BCUT2D eigenvalue weighted by Gasteiger charge is -1.92. The van der Waals surface area contributed by atoms with Crippen molar-refractivity contribution in [3.63, 3.8) is 0 Å². The van der Waals surface area contributed by atoms with E-state index >= 15 is 0 Å². The first-order valence-corrected chi connectivity index (χ1v) is 3.98. The number of furan rings is 1. The molecule has 2 rings (SSSR count). The lowest BCUT2D eigenvalue weighted by Crippen LogP contribution is -1.86. The molecule has 0 atom stereocenters. The van der Waals surface area contributed by atoms with E-state index in [-0.39, 0.29) is 12.3 Å². The van der Waals surface area contributed by atoms with E-state index in [4.69, 9.17) is 9.52 Å². The Morgan fingerprint density at radius 3 is 2.93 bits per heavy atom. The normalized spacial score (nSPS) is 10.6. The van der Waals surface area contributed by atoms with Crippen molar-refractivity contribution in [1.82, 2.24) is 0 Å². The third-order valence-electron chi connectivity index (χ3n) is 2.02. The van der Waals surface area contributed by atoms with Crippen LogP contribution in [0.15, 0.2) is 28.9 Å². The smallest absolute Gasteiger partial charge is 0.270 e. The van der Waals surface area contributed by atoms with Crippen LogP contribution in [0.2, 0.25) is 0 Å². The van der Waals surface area contributed by atoms with Crippen molar-refractivity contribution in [1.29, 1.82) is 0 Å². The predicted molar refractivity (Wildman–Crippen MR) is 48.8 cm³/mol. The number of fused-ring (bicyclic) bond motifs is 1. The van der Waals surface area contributed by atoms with Crippen molar-refractivity contribution in [2.24, 2.45) is 0 Å². The standard InChI is InChI=1S/C9H7NO4/c11-4-9-8-2-1-7(10(12)13)3-6(8)5-14-9/h1-3,5,11H,4H2. The van der Waals surface area contributed by atoms with Gasteiger partial charge in [0.25, 0.3) is 5.69 Å². The maximum absolute atomic E-state index is 10.4. The molecule has 0 spiro atoms. The molecule has 0 saturated heterocycles. The van der Waals surface area contributed by atoms with E-state index in [2.05, 4.69) is 0 Å². The van der Waals surface area contributed by atoms with Gasteiger partial charge < -0.3 is 9.52 Å². The first-order valence-electron chi connectivity index (χ1n) is 3.98. The van der Waals surface area contributed by atoms with Gasteiger partial charge in [0, 0.05) is 22.9 Å². The maximum atomic E-state index is 10.4. The van der Waals surface area contributed by atoms with Gasteiger partial charge in [-0.1, -0.05) is 0 Å². The summed E-state index contributed by atoms with van der Waals surface area (Å²) in [5.74, 6) is 0.426. The molecule has 5 nitrogen and oxygen atoms in total. The Morgan fingerprint density at radius 1 is 1.50 bits per heavy atom. The highest BCUT2D eigenvalue weighted by molar-refractivity contribution is 5.86. The van der Waals surface area contributed by atoms with Gasteiger partial charge >= 0.3 is 0 Å². The summed E-state index contributed by atoms with van der Waals surface area (Å²) in [6.45, 7) is -0.207. The molecule has 0 aliphatic carbocycles. The third-order valence-corrected chi connectivity index (χ3v) is 2.02. The Bertz CT molecular complexity index is 489. The van der Waals surface area contributed by atoms with Gasteiger partial charge in [-0.2, -0.15) is 0 Å². The average molecular weight is 193 g/mol. The number of hydrogen-bond acceptors (Lipinski definition) is 4. The average Bonchev–Trinajstić information content (AvgIpc) is 2.59. The van der Waals surface area contributed by atoms with E-state index in [9.17, 15) is 10.1 Å². The topological polar surface area (TPSA) is 76.5 Å². The monoisotopic (exact) mass is 193 g/mol. The fourth-order valence-corrected chi connectivity index (χ4v) is 1.34. The molecule has 14 heavy (non-hydrogen) atoms. The largest absolute Gasteiger partial charge is 0.466 e. The van der Waals surface area contributed by atoms with E-state index in [0.29, 0.717) is 16.5 Å². The van der Waals surface area contributed by atoms with Gasteiger partial charge in [-0.25, -0.2) is 0 Å². The molecule has 0 unspecified atom stereocenters. The number of aliphatic hydroxyl groups is 1. The number of hydrogen-bond donors (Lipinski definition) is 1. The van der Waals surface area contributed by atoms with E-state index in [1.807, 2.05) is 0 Å². The zero-order chi connectivity index (χ0) is 10.1. The summed E-state index contributed by atoms with van der Waals surface area (Å²) in [4.78, 5) is 9.98. The number of non-ortho nitro benzene ring substituents is 1. The molecule has 1 aromatic heterocycles. The summed E-state index contributed by atoms with van der Waals surface area (Å²) in [7, 11) is 0. The summed E-state index contributed by atoms with van der Waals surface area (Å²) in [6.07, 6.45) is 1.40. The predicted octanol–water partition coefficient (Wildman–Crippen LogP) is 1.83. The summed E-state index contributed by atoms with van der Waals surface area (Å²) in [5.41, 5.74) is 0.0165. The van der Waals surface area contributed by atoms with Gasteiger partial charge in [-0.15, -0.1) is 0 Å². The molecule has 0 aliphatic heterocycles. The van der Waals surface area contributed by atoms with Crippen LogP contribution in [-0.2, 0) is 6.61 Å². The molecule has 5 heteroatoms. The van der Waals surface area contributed by atoms with Crippen molar-refractivity contribution >= 4 is 16.5 Å². The number of rotatable bonds is 2. The highest BCUT2D eigenvalue weighted by atomic mass is 16.6.